The average Bonchev–Trinajstić information content (AvgIpc) is 2.65. The summed E-state index contributed by atoms with van der Waals surface area (Å²) in [5.74, 6) is 0.632. The van der Waals surface area contributed by atoms with Gasteiger partial charge in [0.05, 0.1) is 24.5 Å². The molecule has 3 rings (SSSR count). The zero-order chi connectivity index (χ0) is 19.4. The highest BCUT2D eigenvalue weighted by Crippen LogP contribution is 2.36. The lowest BCUT2D eigenvalue weighted by Crippen LogP contribution is -2.36. The number of halogens is 3. The number of piperidine rings is 1. The second kappa shape index (κ2) is 8.12. The minimum Gasteiger partial charge on any atom is -0.493 e. The Labute approximate surface area is 155 Å². The van der Waals surface area contributed by atoms with E-state index in [0.29, 0.717) is 24.7 Å². The van der Waals surface area contributed by atoms with Crippen molar-refractivity contribution >= 4 is 5.95 Å². The molecule has 0 unspecified atom stereocenters. The Morgan fingerprint density at radius 1 is 1.19 bits per heavy atom. The molecule has 2 aromatic rings. The molecule has 0 radical (unpaired) electrons. The van der Waals surface area contributed by atoms with E-state index in [0.717, 1.165) is 24.6 Å². The molecule has 5 nitrogen and oxygen atoms in total. The Kier molecular flexibility index (Phi) is 5.84. The highest BCUT2D eigenvalue weighted by molar-refractivity contribution is 5.36. The highest BCUT2D eigenvalue weighted by Gasteiger charge is 2.34. The normalized spacial score (nSPS) is 15.8. The molecule has 1 N–H and O–H groups in total. The van der Waals surface area contributed by atoms with Crippen molar-refractivity contribution in [1.29, 1.82) is 0 Å². The third-order valence-electron chi connectivity index (χ3n) is 4.62. The molecule has 1 saturated heterocycles. The van der Waals surface area contributed by atoms with Crippen LogP contribution in [-0.2, 0) is 12.8 Å². The maximum atomic E-state index is 13.0. The summed E-state index contributed by atoms with van der Waals surface area (Å²) in [6.45, 7) is 3.35. The third kappa shape index (κ3) is 4.88. The van der Waals surface area contributed by atoms with Crippen molar-refractivity contribution in [1.82, 2.24) is 9.97 Å². The number of aromatic nitrogens is 2. The molecule has 0 spiro atoms. The molecule has 0 aliphatic carbocycles. The molecular formula is C19H22F3N3O2. The first-order valence-corrected chi connectivity index (χ1v) is 8.86. The van der Waals surface area contributed by atoms with E-state index >= 15 is 0 Å². The van der Waals surface area contributed by atoms with Gasteiger partial charge in [-0.3, -0.25) is 0 Å². The van der Waals surface area contributed by atoms with Crippen LogP contribution in [0.2, 0.25) is 0 Å². The van der Waals surface area contributed by atoms with Crippen LogP contribution in [0.15, 0.2) is 30.3 Å². The van der Waals surface area contributed by atoms with Gasteiger partial charge in [-0.15, -0.1) is 0 Å². The number of anilines is 1. The van der Waals surface area contributed by atoms with Crippen LogP contribution in [0.5, 0.6) is 5.75 Å². The van der Waals surface area contributed by atoms with Crippen LogP contribution in [0.25, 0.3) is 0 Å². The maximum Gasteiger partial charge on any atom is 0.419 e. The fourth-order valence-corrected chi connectivity index (χ4v) is 3.17. The molecule has 0 atom stereocenters. The lowest BCUT2D eigenvalue weighted by Gasteiger charge is -2.32. The van der Waals surface area contributed by atoms with Crippen molar-refractivity contribution in [3.8, 4) is 5.75 Å². The van der Waals surface area contributed by atoms with Gasteiger partial charge in [0.2, 0.25) is 5.95 Å². The fourth-order valence-electron chi connectivity index (χ4n) is 3.17. The van der Waals surface area contributed by atoms with Crippen LogP contribution in [0.4, 0.5) is 19.1 Å². The van der Waals surface area contributed by atoms with Crippen LogP contribution in [-0.4, -0.2) is 34.8 Å². The number of hydrogen-bond donors (Lipinski definition) is 1. The lowest BCUT2D eigenvalue weighted by molar-refractivity contribution is -0.139. The van der Waals surface area contributed by atoms with Gasteiger partial charge in [-0.1, -0.05) is 12.1 Å². The van der Waals surface area contributed by atoms with Crippen molar-refractivity contribution in [2.75, 3.05) is 24.6 Å². The van der Waals surface area contributed by atoms with Crippen LogP contribution in [0.3, 0.4) is 0 Å². The molecule has 2 heterocycles. The molecular weight excluding hydrogens is 359 g/mol. The van der Waals surface area contributed by atoms with Crippen LogP contribution >= 0.6 is 0 Å². The van der Waals surface area contributed by atoms with Gasteiger partial charge in [0, 0.05) is 18.8 Å². The van der Waals surface area contributed by atoms with Gasteiger partial charge in [0.1, 0.15) is 5.75 Å². The van der Waals surface area contributed by atoms with Crippen LogP contribution in [0.1, 0.15) is 29.8 Å². The number of alkyl halides is 3. The second-order valence-corrected chi connectivity index (χ2v) is 6.69. The maximum absolute atomic E-state index is 13.0. The van der Waals surface area contributed by atoms with Crippen molar-refractivity contribution in [2.45, 2.75) is 32.5 Å². The molecule has 1 aliphatic heterocycles. The van der Waals surface area contributed by atoms with Crippen molar-refractivity contribution in [3.05, 3.63) is 47.3 Å². The molecule has 1 aromatic carbocycles. The first-order valence-electron chi connectivity index (χ1n) is 8.86. The Morgan fingerprint density at radius 2 is 1.89 bits per heavy atom. The summed E-state index contributed by atoms with van der Waals surface area (Å²) in [6.07, 6.45) is -2.87. The molecule has 146 valence electrons. The fraction of sp³-hybridized carbons (Fsp3) is 0.474. The van der Waals surface area contributed by atoms with Gasteiger partial charge in [-0.25, -0.2) is 9.97 Å². The molecule has 8 heteroatoms. The summed E-state index contributed by atoms with van der Waals surface area (Å²) in [7, 11) is 0. The van der Waals surface area contributed by atoms with E-state index in [1.165, 1.54) is 12.1 Å². The van der Waals surface area contributed by atoms with E-state index in [1.807, 2.05) is 11.8 Å². The van der Waals surface area contributed by atoms with Gasteiger partial charge in [-0.2, -0.15) is 13.2 Å². The largest absolute Gasteiger partial charge is 0.493 e. The number of hydrogen-bond acceptors (Lipinski definition) is 5. The molecule has 0 bridgehead atoms. The number of aliphatic hydroxyl groups is 1. The highest BCUT2D eigenvalue weighted by atomic mass is 19.4. The number of para-hydroxylation sites is 1. The van der Waals surface area contributed by atoms with E-state index in [2.05, 4.69) is 9.97 Å². The summed E-state index contributed by atoms with van der Waals surface area (Å²) >= 11 is 0. The summed E-state index contributed by atoms with van der Waals surface area (Å²) in [4.78, 5) is 10.8. The standard InChI is InChI=1S/C19H22F3N3O2/c1-13-10-15(11-26)24-18(23-13)25-8-6-14(7-9-25)12-27-17-5-3-2-4-16(17)19(20,21)22/h2-5,10,14,26H,6-9,11-12H2,1H3. The van der Waals surface area contributed by atoms with E-state index in [-0.39, 0.29) is 24.9 Å². The Morgan fingerprint density at radius 3 is 2.56 bits per heavy atom. The minimum absolute atomic E-state index is 0.123. The Balaban J connectivity index is 1.57. The monoisotopic (exact) mass is 381 g/mol. The SMILES string of the molecule is Cc1cc(CO)nc(N2CCC(COc3ccccc3C(F)(F)F)CC2)n1. The van der Waals surface area contributed by atoms with Gasteiger partial charge < -0.3 is 14.7 Å². The van der Waals surface area contributed by atoms with Gasteiger partial charge in [0.15, 0.2) is 0 Å². The van der Waals surface area contributed by atoms with Gasteiger partial charge in [-0.05, 0) is 43.9 Å². The topological polar surface area (TPSA) is 58.5 Å². The van der Waals surface area contributed by atoms with Crippen molar-refractivity contribution in [2.24, 2.45) is 5.92 Å². The lowest BCUT2D eigenvalue weighted by atomic mass is 9.98. The Hall–Kier alpha value is -2.35. The number of aliphatic hydroxyl groups excluding tert-OH is 1. The first kappa shape index (κ1) is 19.4. The summed E-state index contributed by atoms with van der Waals surface area (Å²) < 4.78 is 44.6. The van der Waals surface area contributed by atoms with Crippen LogP contribution in [0, 0.1) is 12.8 Å². The van der Waals surface area contributed by atoms with E-state index in [1.54, 1.807) is 12.1 Å². The molecule has 27 heavy (non-hydrogen) atoms. The second-order valence-electron chi connectivity index (χ2n) is 6.69. The van der Waals surface area contributed by atoms with Crippen molar-refractivity contribution in [3.63, 3.8) is 0 Å². The van der Waals surface area contributed by atoms with Gasteiger partial charge >= 0.3 is 6.18 Å². The van der Waals surface area contributed by atoms with Crippen LogP contribution < -0.4 is 9.64 Å². The summed E-state index contributed by atoms with van der Waals surface area (Å²) in [5, 5.41) is 9.28. The number of rotatable bonds is 5. The quantitative estimate of drug-likeness (QED) is 0.858. The molecule has 1 aromatic heterocycles. The van der Waals surface area contributed by atoms with Crippen molar-refractivity contribution < 1.29 is 23.0 Å². The molecule has 0 saturated carbocycles. The average molecular weight is 381 g/mol. The number of nitrogens with zero attached hydrogens (tertiary/aromatic N) is 3. The zero-order valence-corrected chi connectivity index (χ0v) is 15.0. The predicted molar refractivity (Wildman–Crippen MR) is 94.6 cm³/mol. The first-order chi connectivity index (χ1) is 12.9. The summed E-state index contributed by atoms with van der Waals surface area (Å²) in [6, 6.07) is 7.03. The zero-order valence-electron chi connectivity index (χ0n) is 15.0. The molecule has 1 aliphatic rings. The smallest absolute Gasteiger partial charge is 0.419 e. The number of benzene rings is 1. The molecule has 1 fully saturated rings. The molecule has 0 amide bonds. The van der Waals surface area contributed by atoms with Gasteiger partial charge in [0.25, 0.3) is 0 Å². The van der Waals surface area contributed by atoms with E-state index < -0.39 is 11.7 Å². The van der Waals surface area contributed by atoms with E-state index in [9.17, 15) is 18.3 Å². The third-order valence-corrected chi connectivity index (χ3v) is 4.62. The minimum atomic E-state index is -4.42. The Bertz CT molecular complexity index is 775. The summed E-state index contributed by atoms with van der Waals surface area (Å²) in [5.41, 5.74) is 0.622. The predicted octanol–water partition coefficient (Wildman–Crippen LogP) is 3.59. The van der Waals surface area contributed by atoms with E-state index in [4.69, 9.17) is 4.74 Å². The number of ether oxygens (including phenoxy) is 1. The number of aryl methyl sites for hydroxylation is 1.